The van der Waals surface area contributed by atoms with E-state index < -0.39 is 17.7 Å². The van der Waals surface area contributed by atoms with Crippen LogP contribution in [0.25, 0.3) is 5.76 Å². The molecule has 1 fully saturated rings. The van der Waals surface area contributed by atoms with Gasteiger partial charge in [-0.15, -0.1) is 0 Å². The van der Waals surface area contributed by atoms with Crippen LogP contribution in [-0.4, -0.2) is 67.0 Å². The zero-order chi connectivity index (χ0) is 23.4. The summed E-state index contributed by atoms with van der Waals surface area (Å²) in [6, 6.07) is 13.3. The number of hydrogen-bond acceptors (Lipinski definition) is 6. The summed E-state index contributed by atoms with van der Waals surface area (Å²) in [7, 11) is 5.38. The van der Waals surface area contributed by atoms with Crippen molar-refractivity contribution in [1.82, 2.24) is 9.80 Å². The molecule has 0 unspecified atom stereocenters. The number of carbonyl (C=O) groups excluding carboxylic acids is 2. The lowest BCUT2D eigenvalue weighted by Crippen LogP contribution is -2.35. The predicted molar refractivity (Wildman–Crippen MR) is 123 cm³/mol. The highest BCUT2D eigenvalue weighted by Crippen LogP contribution is 2.39. The zero-order valence-corrected chi connectivity index (χ0v) is 19.2. The van der Waals surface area contributed by atoms with Crippen LogP contribution in [0.2, 0.25) is 0 Å². The molecule has 3 rings (SSSR count). The molecule has 1 atom stereocenters. The van der Waals surface area contributed by atoms with Crippen LogP contribution in [0.3, 0.4) is 0 Å². The molecule has 32 heavy (non-hydrogen) atoms. The van der Waals surface area contributed by atoms with E-state index in [4.69, 9.17) is 9.47 Å². The zero-order valence-electron chi connectivity index (χ0n) is 19.2. The predicted octanol–water partition coefficient (Wildman–Crippen LogP) is 3.47. The normalized spacial score (nSPS) is 18.0. The number of likely N-dealkylation sites (tertiary alicyclic amines) is 1. The average Bonchev–Trinajstić information content (AvgIpc) is 3.02. The van der Waals surface area contributed by atoms with E-state index in [0.29, 0.717) is 30.2 Å². The van der Waals surface area contributed by atoms with Gasteiger partial charge in [0.05, 0.1) is 24.8 Å². The first-order valence-electron chi connectivity index (χ1n) is 10.6. The molecule has 0 bridgehead atoms. The third-order valence-corrected chi connectivity index (χ3v) is 5.26. The van der Waals surface area contributed by atoms with Gasteiger partial charge in [0, 0.05) is 18.7 Å². The summed E-state index contributed by atoms with van der Waals surface area (Å²) in [6.45, 7) is 4.79. The van der Waals surface area contributed by atoms with E-state index in [2.05, 4.69) is 0 Å². The van der Waals surface area contributed by atoms with E-state index in [1.807, 2.05) is 45.0 Å². The van der Waals surface area contributed by atoms with Crippen molar-refractivity contribution >= 4 is 17.4 Å². The second-order valence-electron chi connectivity index (χ2n) is 8.26. The largest absolute Gasteiger partial charge is 0.507 e. The van der Waals surface area contributed by atoms with E-state index in [0.717, 1.165) is 5.56 Å². The van der Waals surface area contributed by atoms with Gasteiger partial charge in [0.25, 0.3) is 11.7 Å². The van der Waals surface area contributed by atoms with Gasteiger partial charge < -0.3 is 24.4 Å². The first kappa shape index (κ1) is 23.3. The maximum atomic E-state index is 13.0. The fourth-order valence-corrected chi connectivity index (χ4v) is 3.67. The van der Waals surface area contributed by atoms with Crippen LogP contribution >= 0.6 is 0 Å². The summed E-state index contributed by atoms with van der Waals surface area (Å²) in [5.41, 5.74) is 1.26. The van der Waals surface area contributed by atoms with Crippen LogP contribution in [0.15, 0.2) is 54.1 Å². The van der Waals surface area contributed by atoms with Gasteiger partial charge in [0.1, 0.15) is 17.3 Å². The second-order valence-corrected chi connectivity index (χ2v) is 8.26. The Morgan fingerprint density at radius 1 is 1.03 bits per heavy atom. The molecular formula is C25H30N2O5. The van der Waals surface area contributed by atoms with Gasteiger partial charge >= 0.3 is 0 Å². The number of rotatable bonds is 8. The number of amides is 1. The summed E-state index contributed by atoms with van der Waals surface area (Å²) in [5.74, 6) is -0.180. The van der Waals surface area contributed by atoms with Crippen molar-refractivity contribution in [2.75, 3.05) is 34.3 Å². The third kappa shape index (κ3) is 4.94. The number of methoxy groups -OCH3 is 1. The lowest BCUT2D eigenvalue weighted by molar-refractivity contribution is -0.140. The summed E-state index contributed by atoms with van der Waals surface area (Å²) in [6.07, 6.45) is 0.0199. The number of benzene rings is 2. The number of ketones is 1. The highest BCUT2D eigenvalue weighted by molar-refractivity contribution is 6.46. The van der Waals surface area contributed by atoms with Gasteiger partial charge in [-0.3, -0.25) is 9.59 Å². The number of carbonyl (C=O) groups is 2. The van der Waals surface area contributed by atoms with E-state index in [9.17, 15) is 14.7 Å². The SMILES string of the molecule is COc1ccc([C@H]2C(=C(O)c3ccc(OC(C)C)cc3)C(=O)C(=O)N2CCN(C)C)cc1. The number of likely N-dealkylation sites (N-methyl/N-ethyl adjacent to an activating group) is 1. The van der Waals surface area contributed by atoms with E-state index in [-0.39, 0.29) is 17.4 Å². The molecule has 7 nitrogen and oxygen atoms in total. The Morgan fingerprint density at radius 2 is 1.62 bits per heavy atom. The minimum Gasteiger partial charge on any atom is -0.507 e. The van der Waals surface area contributed by atoms with Gasteiger partial charge in [-0.05, 0) is 69.9 Å². The number of aliphatic hydroxyl groups is 1. The topological polar surface area (TPSA) is 79.3 Å². The molecule has 170 valence electrons. The molecule has 1 saturated heterocycles. The number of ether oxygens (including phenoxy) is 2. The quantitative estimate of drug-likeness (QED) is 0.386. The monoisotopic (exact) mass is 438 g/mol. The standard InChI is InChI=1S/C25H30N2O5/c1-16(2)32-20-12-8-18(9-13-20)23(28)21-22(17-6-10-19(31-5)11-7-17)27(15-14-26(3)4)25(30)24(21)29/h6-13,16,22,28H,14-15H2,1-5H3/t22-/m0/s1. The van der Waals surface area contributed by atoms with Crippen LogP contribution in [0.1, 0.15) is 31.0 Å². The van der Waals surface area contributed by atoms with Crippen LogP contribution in [0, 0.1) is 0 Å². The Labute approximate surface area is 188 Å². The molecule has 7 heteroatoms. The molecule has 2 aromatic carbocycles. The summed E-state index contributed by atoms with van der Waals surface area (Å²) < 4.78 is 10.9. The van der Waals surface area contributed by atoms with Crippen molar-refractivity contribution in [1.29, 1.82) is 0 Å². The van der Waals surface area contributed by atoms with Gasteiger partial charge in [-0.1, -0.05) is 12.1 Å². The maximum absolute atomic E-state index is 13.0. The van der Waals surface area contributed by atoms with Crippen molar-refractivity contribution < 1.29 is 24.2 Å². The molecule has 2 aromatic rings. The Morgan fingerprint density at radius 3 is 2.16 bits per heavy atom. The molecule has 1 aliphatic heterocycles. The maximum Gasteiger partial charge on any atom is 0.295 e. The summed E-state index contributed by atoms with van der Waals surface area (Å²) in [4.78, 5) is 29.4. The molecule has 0 saturated carbocycles. The molecule has 1 heterocycles. The van der Waals surface area contributed by atoms with E-state index in [1.165, 1.54) is 4.90 Å². The highest BCUT2D eigenvalue weighted by atomic mass is 16.5. The molecule has 0 spiro atoms. The average molecular weight is 439 g/mol. The third-order valence-electron chi connectivity index (χ3n) is 5.26. The Balaban J connectivity index is 2.06. The molecule has 1 N–H and O–H groups in total. The summed E-state index contributed by atoms with van der Waals surface area (Å²) >= 11 is 0. The molecule has 1 aliphatic rings. The molecule has 0 aromatic heterocycles. The molecule has 0 aliphatic carbocycles. The fourth-order valence-electron chi connectivity index (χ4n) is 3.67. The lowest BCUT2D eigenvalue weighted by atomic mass is 9.95. The Kier molecular flexibility index (Phi) is 7.20. The number of Topliss-reactive ketones (excluding diaryl/α,β-unsaturated/α-hetero) is 1. The van der Waals surface area contributed by atoms with Crippen molar-refractivity contribution in [3.8, 4) is 11.5 Å². The highest BCUT2D eigenvalue weighted by Gasteiger charge is 2.45. The first-order valence-corrected chi connectivity index (χ1v) is 10.6. The van der Waals surface area contributed by atoms with E-state index in [1.54, 1.807) is 43.5 Å². The Bertz CT molecular complexity index is 994. The molecular weight excluding hydrogens is 408 g/mol. The van der Waals surface area contributed by atoms with Crippen molar-refractivity contribution in [2.45, 2.75) is 26.0 Å². The van der Waals surface area contributed by atoms with E-state index >= 15 is 0 Å². The van der Waals surface area contributed by atoms with Crippen LogP contribution in [-0.2, 0) is 9.59 Å². The lowest BCUT2D eigenvalue weighted by Gasteiger charge is -2.26. The molecule has 1 amide bonds. The van der Waals surface area contributed by atoms with Crippen LogP contribution in [0.5, 0.6) is 11.5 Å². The number of aliphatic hydroxyl groups excluding tert-OH is 1. The van der Waals surface area contributed by atoms with Gasteiger partial charge in [0.2, 0.25) is 0 Å². The Hall–Kier alpha value is -3.32. The van der Waals surface area contributed by atoms with Crippen LogP contribution in [0.4, 0.5) is 0 Å². The molecule has 0 radical (unpaired) electrons. The first-order chi connectivity index (χ1) is 15.2. The van der Waals surface area contributed by atoms with Crippen molar-refractivity contribution in [2.24, 2.45) is 0 Å². The van der Waals surface area contributed by atoms with Crippen LogP contribution < -0.4 is 9.47 Å². The van der Waals surface area contributed by atoms with Gasteiger partial charge in [-0.2, -0.15) is 0 Å². The van der Waals surface area contributed by atoms with Gasteiger partial charge in [-0.25, -0.2) is 0 Å². The van der Waals surface area contributed by atoms with Crippen molar-refractivity contribution in [3.05, 3.63) is 65.2 Å². The number of hydrogen-bond donors (Lipinski definition) is 1. The van der Waals surface area contributed by atoms with Crippen molar-refractivity contribution in [3.63, 3.8) is 0 Å². The smallest absolute Gasteiger partial charge is 0.295 e. The fraction of sp³-hybridized carbons (Fsp3) is 0.360. The minimum atomic E-state index is -0.690. The number of nitrogens with zero attached hydrogens (tertiary/aromatic N) is 2. The van der Waals surface area contributed by atoms with Gasteiger partial charge in [0.15, 0.2) is 0 Å². The summed E-state index contributed by atoms with van der Waals surface area (Å²) in [5, 5.41) is 11.1. The second kappa shape index (κ2) is 9.87. The minimum absolute atomic E-state index is 0.0199.